The van der Waals surface area contributed by atoms with E-state index in [9.17, 15) is 18.6 Å². The number of nitrogens with two attached hydrogens (primary N) is 2. The van der Waals surface area contributed by atoms with Crippen LogP contribution in [-0.2, 0) is 16.4 Å². The maximum atomic E-state index is 12.9. The number of sulfonamides is 1. The third-order valence-electron chi connectivity index (χ3n) is 4.30. The molecule has 0 bridgehead atoms. The third-order valence-corrected chi connectivity index (χ3v) is 6.09. The molecule has 2 aromatic carbocycles. The Morgan fingerprint density at radius 1 is 1.13 bits per heavy atom. The van der Waals surface area contributed by atoms with Gasteiger partial charge in [-0.2, -0.15) is 4.99 Å². The fourth-order valence-electron chi connectivity index (χ4n) is 2.90. The zero-order valence-corrected chi connectivity index (χ0v) is 17.2. The van der Waals surface area contributed by atoms with E-state index in [2.05, 4.69) is 14.7 Å². The summed E-state index contributed by atoms with van der Waals surface area (Å²) in [7, 11) is -4.13. The van der Waals surface area contributed by atoms with Gasteiger partial charge in [0.05, 0.1) is 16.0 Å². The number of benzene rings is 2. The number of fused-ring (bicyclic) bond motifs is 1. The second-order valence-electron chi connectivity index (χ2n) is 6.50. The molecule has 1 aromatic heterocycles. The van der Waals surface area contributed by atoms with Crippen molar-refractivity contribution in [2.75, 3.05) is 0 Å². The molecular weight excluding hydrogens is 430 g/mol. The summed E-state index contributed by atoms with van der Waals surface area (Å²) in [5, 5.41) is 20.5. The molecule has 11 heteroatoms. The zero-order valence-electron chi connectivity index (χ0n) is 15.6. The minimum Gasteiger partial charge on any atom is -0.370 e. The molecule has 1 heterocycles. The fraction of sp³-hybridized carbons (Fsp3) is 0.158. The van der Waals surface area contributed by atoms with Gasteiger partial charge in [-0.3, -0.25) is 0 Å². The van der Waals surface area contributed by atoms with Crippen LogP contribution in [0.5, 0.6) is 0 Å². The van der Waals surface area contributed by atoms with Gasteiger partial charge in [-0.15, -0.1) is 0 Å². The Kier molecular flexibility index (Phi) is 6.54. The van der Waals surface area contributed by atoms with E-state index >= 15 is 0 Å². The van der Waals surface area contributed by atoms with E-state index in [1.54, 1.807) is 30.3 Å². The number of guanidine groups is 1. The molecule has 9 nitrogen and oxygen atoms in total. The molecule has 0 aliphatic rings. The number of nitrogens with zero attached hydrogens (tertiary/aromatic N) is 2. The Morgan fingerprint density at radius 3 is 2.47 bits per heavy atom. The molecule has 7 N–H and O–H groups in total. The molecule has 0 unspecified atom stereocenters. The zero-order chi connectivity index (χ0) is 21.9. The predicted octanol–water partition coefficient (Wildman–Crippen LogP) is 0.993. The van der Waals surface area contributed by atoms with Crippen molar-refractivity contribution in [3.05, 3.63) is 65.3 Å². The second-order valence-corrected chi connectivity index (χ2v) is 8.63. The maximum absolute atomic E-state index is 12.9. The summed E-state index contributed by atoms with van der Waals surface area (Å²) in [6.07, 6.45) is -0.470. The van der Waals surface area contributed by atoms with Crippen LogP contribution in [0.25, 0.3) is 10.8 Å². The fourth-order valence-corrected chi connectivity index (χ4v) is 4.37. The molecule has 0 saturated carbocycles. The number of rotatable bonds is 7. The Balaban J connectivity index is 1.99. The van der Waals surface area contributed by atoms with Crippen LogP contribution in [-0.4, -0.2) is 41.9 Å². The van der Waals surface area contributed by atoms with Gasteiger partial charge in [0, 0.05) is 17.0 Å². The molecule has 0 saturated heterocycles. The van der Waals surface area contributed by atoms with Crippen molar-refractivity contribution in [2.45, 2.75) is 23.6 Å². The van der Waals surface area contributed by atoms with Crippen LogP contribution in [0.2, 0.25) is 5.02 Å². The van der Waals surface area contributed by atoms with Crippen molar-refractivity contribution < 1.29 is 18.6 Å². The number of nitrogens with one attached hydrogen (secondary N) is 1. The molecule has 30 heavy (non-hydrogen) atoms. The Hall–Kier alpha value is -2.76. The Morgan fingerprint density at radius 2 is 1.83 bits per heavy atom. The monoisotopic (exact) mass is 449 g/mol. The van der Waals surface area contributed by atoms with Gasteiger partial charge in [0.25, 0.3) is 0 Å². The summed E-state index contributed by atoms with van der Waals surface area (Å²) in [6.45, 7) is 0. The first-order valence-corrected chi connectivity index (χ1v) is 10.6. The van der Waals surface area contributed by atoms with Crippen molar-refractivity contribution in [3.63, 3.8) is 0 Å². The summed E-state index contributed by atoms with van der Waals surface area (Å²) in [5.74, 6) is -0.140. The molecule has 0 spiro atoms. The van der Waals surface area contributed by atoms with Crippen LogP contribution >= 0.6 is 11.6 Å². The highest BCUT2D eigenvalue weighted by atomic mass is 35.5. The molecule has 3 rings (SSSR count). The maximum Gasteiger partial charge on any atom is 0.241 e. The van der Waals surface area contributed by atoms with E-state index < -0.39 is 22.4 Å². The van der Waals surface area contributed by atoms with E-state index in [0.29, 0.717) is 15.8 Å². The van der Waals surface area contributed by atoms with Gasteiger partial charge < -0.3 is 21.7 Å². The standard InChI is InChI=1S/C19H20ClN5O4S/c20-15-10-23-17(24-19(21)22)14-9-12(6-7-13(14)15)30(28,29)25-16(18(26)27)8-11-4-2-1-3-5-11/h1-7,9-10,16,18,25-27H,8H2,(H4,21,22,23,24)/t16-/m0/s1. The highest BCUT2D eigenvalue weighted by Crippen LogP contribution is 2.31. The van der Waals surface area contributed by atoms with Crippen LogP contribution in [0, 0.1) is 0 Å². The summed E-state index contributed by atoms with van der Waals surface area (Å²) in [4.78, 5) is 7.81. The minimum absolute atomic E-state index is 0.0813. The van der Waals surface area contributed by atoms with Crippen LogP contribution in [0.3, 0.4) is 0 Å². The third kappa shape index (κ3) is 5.04. The second kappa shape index (κ2) is 8.94. The van der Waals surface area contributed by atoms with Gasteiger partial charge in [0.2, 0.25) is 10.0 Å². The van der Waals surface area contributed by atoms with E-state index in [4.69, 9.17) is 23.1 Å². The average molecular weight is 450 g/mol. The molecular formula is C19H20ClN5O4S. The van der Waals surface area contributed by atoms with Crippen molar-refractivity contribution in [1.29, 1.82) is 0 Å². The van der Waals surface area contributed by atoms with E-state index in [-0.39, 0.29) is 23.1 Å². The van der Waals surface area contributed by atoms with Crippen molar-refractivity contribution in [3.8, 4) is 0 Å². The molecule has 0 aliphatic carbocycles. The Labute approximate surface area is 178 Å². The molecule has 158 valence electrons. The van der Waals surface area contributed by atoms with Gasteiger partial charge in [0.1, 0.15) is 0 Å². The molecule has 1 atom stereocenters. The van der Waals surface area contributed by atoms with Gasteiger partial charge in [-0.25, -0.2) is 18.1 Å². The number of aromatic nitrogens is 1. The lowest BCUT2D eigenvalue weighted by Crippen LogP contribution is -2.44. The lowest BCUT2D eigenvalue weighted by Gasteiger charge is -2.21. The van der Waals surface area contributed by atoms with Crippen molar-refractivity contribution in [1.82, 2.24) is 9.71 Å². The van der Waals surface area contributed by atoms with Gasteiger partial charge in [-0.05, 0) is 24.1 Å². The number of aliphatic imine (C=N–C) groups is 1. The Bertz CT molecular complexity index is 1180. The molecule has 0 radical (unpaired) electrons. The van der Waals surface area contributed by atoms with E-state index in [0.717, 1.165) is 5.56 Å². The number of hydrogen-bond acceptors (Lipinski definition) is 6. The van der Waals surface area contributed by atoms with Gasteiger partial charge in [-0.1, -0.05) is 48.0 Å². The number of halogens is 1. The smallest absolute Gasteiger partial charge is 0.241 e. The first kappa shape index (κ1) is 21.9. The normalized spacial score (nSPS) is 12.8. The lowest BCUT2D eigenvalue weighted by molar-refractivity contribution is -0.0616. The molecule has 0 amide bonds. The van der Waals surface area contributed by atoms with Crippen LogP contribution in [0.4, 0.5) is 5.82 Å². The minimum atomic E-state index is -4.13. The largest absolute Gasteiger partial charge is 0.370 e. The van der Waals surface area contributed by atoms with Crippen LogP contribution in [0.1, 0.15) is 5.56 Å². The highest BCUT2D eigenvalue weighted by Gasteiger charge is 2.25. The van der Waals surface area contributed by atoms with Crippen LogP contribution in [0.15, 0.2) is 64.6 Å². The van der Waals surface area contributed by atoms with Crippen molar-refractivity contribution in [2.24, 2.45) is 16.5 Å². The topological polar surface area (TPSA) is 164 Å². The quantitative estimate of drug-likeness (QED) is 0.204. The summed E-state index contributed by atoms with van der Waals surface area (Å²) in [6, 6.07) is 11.9. The number of aliphatic hydroxyl groups is 2. The summed E-state index contributed by atoms with van der Waals surface area (Å²) in [5.41, 5.74) is 11.6. The summed E-state index contributed by atoms with van der Waals surface area (Å²) >= 11 is 6.14. The number of hydrogen-bond donors (Lipinski definition) is 5. The van der Waals surface area contributed by atoms with Gasteiger partial charge in [0.15, 0.2) is 18.1 Å². The molecule has 0 aliphatic heterocycles. The molecule has 0 fully saturated rings. The lowest BCUT2D eigenvalue weighted by atomic mass is 10.1. The first-order valence-electron chi connectivity index (χ1n) is 8.77. The van der Waals surface area contributed by atoms with E-state index in [1.165, 1.54) is 24.4 Å². The summed E-state index contributed by atoms with van der Waals surface area (Å²) < 4.78 is 28.2. The van der Waals surface area contributed by atoms with Gasteiger partial charge >= 0.3 is 0 Å². The molecule has 3 aromatic rings. The number of aliphatic hydroxyl groups excluding tert-OH is 1. The van der Waals surface area contributed by atoms with E-state index in [1.807, 2.05) is 0 Å². The van der Waals surface area contributed by atoms with Crippen molar-refractivity contribution >= 4 is 44.2 Å². The van der Waals surface area contributed by atoms with Crippen LogP contribution < -0.4 is 16.2 Å². The first-order chi connectivity index (χ1) is 14.2. The predicted molar refractivity (Wildman–Crippen MR) is 115 cm³/mol. The highest BCUT2D eigenvalue weighted by molar-refractivity contribution is 7.89. The average Bonchev–Trinajstić information content (AvgIpc) is 2.69. The SMILES string of the molecule is NC(N)=Nc1ncc(Cl)c2ccc(S(=O)(=O)N[C@@H](Cc3ccccc3)C(O)O)cc12. The number of pyridine rings is 1.